The number of hydrogen-bond acceptors (Lipinski definition) is 4. The first kappa shape index (κ1) is 13.8. The molecule has 104 valence electrons. The highest BCUT2D eigenvalue weighted by molar-refractivity contribution is 7.85. The molecule has 0 aliphatic rings. The molecule has 19 heavy (non-hydrogen) atoms. The van der Waals surface area contributed by atoms with Gasteiger partial charge in [0.25, 0.3) is 10.1 Å². The van der Waals surface area contributed by atoms with Crippen LogP contribution in [0.15, 0.2) is 23.0 Å². The maximum absolute atomic E-state index is 11.8. The summed E-state index contributed by atoms with van der Waals surface area (Å²) < 4.78 is 27.9. The van der Waals surface area contributed by atoms with Crippen LogP contribution in [0.3, 0.4) is 0 Å². The van der Waals surface area contributed by atoms with Gasteiger partial charge in [-0.2, -0.15) is 8.42 Å². The molecule has 0 aliphatic carbocycles. The number of aromatic amines is 1. The molecular weight excluding hydrogens is 268 g/mol. The average molecular weight is 284 g/mol. The maximum Gasteiger partial charge on any atom is 0.326 e. The van der Waals surface area contributed by atoms with Gasteiger partial charge in [0.1, 0.15) is 0 Å². The Kier molecular flexibility index (Phi) is 3.77. The smallest absolute Gasteiger partial charge is 0.306 e. The summed E-state index contributed by atoms with van der Waals surface area (Å²) in [4.78, 5) is 14.6. The molecule has 0 saturated heterocycles. The molecule has 0 saturated carbocycles. The number of benzene rings is 1. The van der Waals surface area contributed by atoms with Crippen LogP contribution in [0.2, 0.25) is 0 Å². The van der Waals surface area contributed by atoms with Crippen molar-refractivity contribution in [3.8, 4) is 0 Å². The van der Waals surface area contributed by atoms with Crippen molar-refractivity contribution >= 4 is 21.2 Å². The van der Waals surface area contributed by atoms with E-state index in [9.17, 15) is 13.2 Å². The van der Waals surface area contributed by atoms with E-state index < -0.39 is 10.1 Å². The second-order valence-electron chi connectivity index (χ2n) is 4.48. The number of aryl methyl sites for hydroxylation is 2. The van der Waals surface area contributed by atoms with Gasteiger partial charge >= 0.3 is 5.69 Å². The van der Waals surface area contributed by atoms with E-state index in [1.165, 1.54) is 0 Å². The minimum atomic E-state index is -3.42. The molecule has 0 radical (unpaired) electrons. The van der Waals surface area contributed by atoms with Gasteiger partial charge in [0.15, 0.2) is 0 Å². The number of fused-ring (bicyclic) bond motifs is 1. The van der Waals surface area contributed by atoms with Crippen molar-refractivity contribution in [2.24, 2.45) is 0 Å². The first-order chi connectivity index (χ1) is 8.87. The Balaban J connectivity index is 2.13. The number of nitrogens with one attached hydrogen (secondary N) is 1. The lowest BCUT2D eigenvalue weighted by molar-refractivity contribution is 0.307. The number of nitrogens with zero attached hydrogens (tertiary/aromatic N) is 1. The zero-order valence-electron chi connectivity index (χ0n) is 10.8. The van der Waals surface area contributed by atoms with Crippen molar-refractivity contribution < 1.29 is 12.6 Å². The lowest BCUT2D eigenvalue weighted by Gasteiger charge is -2.04. The molecule has 2 rings (SSSR count). The number of imidazole rings is 1. The van der Waals surface area contributed by atoms with Gasteiger partial charge in [-0.25, -0.2) is 4.79 Å². The Morgan fingerprint density at radius 1 is 1.37 bits per heavy atom. The van der Waals surface area contributed by atoms with Crippen LogP contribution in [0.25, 0.3) is 11.0 Å². The van der Waals surface area contributed by atoms with Gasteiger partial charge in [-0.3, -0.25) is 8.75 Å². The van der Waals surface area contributed by atoms with Gasteiger partial charge in [0.2, 0.25) is 0 Å². The SMILES string of the molecule is Cc1ccc2c(c1)[nH]c(=O)n2CCCOS(C)(=O)=O. The topological polar surface area (TPSA) is 81.2 Å². The highest BCUT2D eigenvalue weighted by Gasteiger charge is 2.07. The molecule has 1 aromatic heterocycles. The van der Waals surface area contributed by atoms with Gasteiger partial charge in [-0.1, -0.05) is 6.07 Å². The van der Waals surface area contributed by atoms with E-state index in [1.54, 1.807) is 4.57 Å². The fourth-order valence-electron chi connectivity index (χ4n) is 1.93. The summed E-state index contributed by atoms with van der Waals surface area (Å²) in [5.74, 6) is 0. The van der Waals surface area contributed by atoms with Crippen molar-refractivity contribution in [1.29, 1.82) is 0 Å². The van der Waals surface area contributed by atoms with E-state index in [0.29, 0.717) is 13.0 Å². The molecule has 6 nitrogen and oxygen atoms in total. The monoisotopic (exact) mass is 284 g/mol. The minimum absolute atomic E-state index is 0.0732. The van der Waals surface area contributed by atoms with Gasteiger partial charge in [-0.05, 0) is 31.0 Å². The van der Waals surface area contributed by atoms with Crippen molar-refractivity contribution in [1.82, 2.24) is 9.55 Å². The Hall–Kier alpha value is -1.60. The number of hydrogen-bond donors (Lipinski definition) is 1. The molecule has 1 aromatic carbocycles. The minimum Gasteiger partial charge on any atom is -0.306 e. The second-order valence-corrected chi connectivity index (χ2v) is 6.13. The second kappa shape index (κ2) is 5.18. The molecule has 0 fully saturated rings. The van der Waals surface area contributed by atoms with Gasteiger partial charge in [-0.15, -0.1) is 0 Å². The molecule has 7 heteroatoms. The van der Waals surface area contributed by atoms with Crippen LogP contribution >= 0.6 is 0 Å². The summed E-state index contributed by atoms with van der Waals surface area (Å²) in [5.41, 5.74) is 2.48. The van der Waals surface area contributed by atoms with Crippen LogP contribution in [0.5, 0.6) is 0 Å². The summed E-state index contributed by atoms with van der Waals surface area (Å²) in [5, 5.41) is 0. The van der Waals surface area contributed by atoms with Gasteiger partial charge in [0, 0.05) is 6.54 Å². The highest BCUT2D eigenvalue weighted by Crippen LogP contribution is 2.12. The van der Waals surface area contributed by atoms with Crippen LogP contribution in [0.1, 0.15) is 12.0 Å². The third kappa shape index (κ3) is 3.45. The molecule has 0 atom stereocenters. The molecule has 1 N–H and O–H groups in total. The highest BCUT2D eigenvalue weighted by atomic mass is 32.2. The average Bonchev–Trinajstić information content (AvgIpc) is 2.58. The fraction of sp³-hybridized carbons (Fsp3) is 0.417. The Morgan fingerprint density at radius 2 is 2.11 bits per heavy atom. The molecule has 0 bridgehead atoms. The molecule has 0 amide bonds. The van der Waals surface area contributed by atoms with E-state index >= 15 is 0 Å². The van der Waals surface area contributed by atoms with Crippen LogP contribution < -0.4 is 5.69 Å². The lowest BCUT2D eigenvalue weighted by Crippen LogP contribution is -2.18. The predicted molar refractivity (Wildman–Crippen MR) is 72.7 cm³/mol. The van der Waals surface area contributed by atoms with E-state index in [4.69, 9.17) is 0 Å². The van der Waals surface area contributed by atoms with Crippen molar-refractivity contribution in [2.45, 2.75) is 19.9 Å². The lowest BCUT2D eigenvalue weighted by atomic mass is 10.2. The molecular formula is C12H16N2O4S. The van der Waals surface area contributed by atoms with Crippen molar-refractivity contribution in [2.75, 3.05) is 12.9 Å². The number of H-pyrrole nitrogens is 1. The van der Waals surface area contributed by atoms with Crippen LogP contribution in [-0.2, 0) is 20.8 Å². The van der Waals surface area contributed by atoms with Crippen LogP contribution in [0, 0.1) is 6.92 Å². The largest absolute Gasteiger partial charge is 0.326 e. The normalized spacial score (nSPS) is 12.1. The quantitative estimate of drug-likeness (QED) is 0.656. The first-order valence-electron chi connectivity index (χ1n) is 5.90. The van der Waals surface area contributed by atoms with Crippen molar-refractivity contribution in [3.63, 3.8) is 0 Å². The van der Waals surface area contributed by atoms with Crippen LogP contribution in [-0.4, -0.2) is 30.8 Å². The Morgan fingerprint density at radius 3 is 2.79 bits per heavy atom. The number of aromatic nitrogens is 2. The zero-order chi connectivity index (χ0) is 14.0. The van der Waals surface area contributed by atoms with Gasteiger partial charge in [0.05, 0.1) is 23.9 Å². The molecule has 0 spiro atoms. The molecule has 0 unspecified atom stereocenters. The molecule has 0 aliphatic heterocycles. The predicted octanol–water partition coefficient (Wildman–Crippen LogP) is 1.00. The third-order valence-electron chi connectivity index (χ3n) is 2.75. The van der Waals surface area contributed by atoms with E-state index in [2.05, 4.69) is 9.17 Å². The Bertz CT molecular complexity index is 743. The standard InChI is InChI=1S/C12H16N2O4S/c1-9-4-5-11-10(8-9)13-12(15)14(11)6-3-7-18-19(2,16)17/h4-5,8H,3,6-7H2,1-2H3,(H,13,15). The zero-order valence-corrected chi connectivity index (χ0v) is 11.7. The number of rotatable bonds is 5. The summed E-state index contributed by atoms with van der Waals surface area (Å²) in [6.07, 6.45) is 1.46. The van der Waals surface area contributed by atoms with Gasteiger partial charge < -0.3 is 4.98 Å². The molecule has 1 heterocycles. The van der Waals surface area contributed by atoms with E-state index in [0.717, 1.165) is 22.9 Å². The first-order valence-corrected chi connectivity index (χ1v) is 7.72. The summed E-state index contributed by atoms with van der Waals surface area (Å²) in [7, 11) is -3.42. The maximum atomic E-state index is 11.8. The Labute approximate surface area is 111 Å². The van der Waals surface area contributed by atoms with Crippen LogP contribution in [0.4, 0.5) is 0 Å². The summed E-state index contributed by atoms with van der Waals surface area (Å²) in [6, 6.07) is 5.71. The molecule has 2 aromatic rings. The third-order valence-corrected chi connectivity index (χ3v) is 3.35. The van der Waals surface area contributed by atoms with Crippen molar-refractivity contribution in [3.05, 3.63) is 34.2 Å². The summed E-state index contributed by atoms with van der Waals surface area (Å²) in [6.45, 7) is 2.44. The fourth-order valence-corrected chi connectivity index (χ4v) is 2.35. The summed E-state index contributed by atoms with van der Waals surface area (Å²) >= 11 is 0. The van der Waals surface area contributed by atoms with E-state index in [1.807, 2.05) is 25.1 Å². The van der Waals surface area contributed by atoms with E-state index in [-0.39, 0.29) is 12.3 Å².